The van der Waals surface area contributed by atoms with Crippen LogP contribution in [0.4, 0.5) is 16.2 Å². The Balaban J connectivity index is 1.56. The molecule has 0 aliphatic carbocycles. The van der Waals surface area contributed by atoms with E-state index >= 15 is 0 Å². The molecule has 3 rings (SSSR count). The van der Waals surface area contributed by atoms with E-state index in [0.29, 0.717) is 13.1 Å². The van der Waals surface area contributed by atoms with Gasteiger partial charge < -0.3 is 15.5 Å². The zero-order valence-corrected chi connectivity index (χ0v) is 15.0. The van der Waals surface area contributed by atoms with Gasteiger partial charge in [-0.2, -0.15) is 0 Å². The lowest BCUT2D eigenvalue weighted by Crippen LogP contribution is -2.39. The van der Waals surface area contributed by atoms with Crippen molar-refractivity contribution in [1.29, 1.82) is 0 Å². The van der Waals surface area contributed by atoms with Crippen LogP contribution in [0.15, 0.2) is 48.5 Å². The van der Waals surface area contributed by atoms with Crippen LogP contribution in [0.1, 0.15) is 12.0 Å². The smallest absolute Gasteiger partial charge is 0.319 e. The molecule has 1 aliphatic rings. The Morgan fingerprint density at radius 1 is 1.26 bits per heavy atom. The van der Waals surface area contributed by atoms with E-state index in [0.717, 1.165) is 5.56 Å². The van der Waals surface area contributed by atoms with Crippen molar-refractivity contribution in [3.05, 3.63) is 69.2 Å². The Bertz CT molecular complexity index is 875. The summed E-state index contributed by atoms with van der Waals surface area (Å²) in [5.41, 5.74) is 0.970. The van der Waals surface area contributed by atoms with Crippen LogP contribution in [0.25, 0.3) is 0 Å². The average Bonchev–Trinajstić information content (AvgIpc) is 2.96. The molecule has 0 saturated carbocycles. The molecule has 2 aromatic rings. The maximum atomic E-state index is 12.2. The zero-order valence-electron chi connectivity index (χ0n) is 14.2. The lowest BCUT2D eigenvalue weighted by Gasteiger charge is -2.17. The summed E-state index contributed by atoms with van der Waals surface area (Å²) in [7, 11) is 0. The minimum atomic E-state index is -0.623. The predicted molar refractivity (Wildman–Crippen MR) is 101 cm³/mol. The van der Waals surface area contributed by atoms with Crippen LogP contribution >= 0.6 is 11.6 Å². The molecular formula is C18H17ClN4O4. The highest BCUT2D eigenvalue weighted by molar-refractivity contribution is 6.32. The fourth-order valence-electron chi connectivity index (χ4n) is 2.91. The van der Waals surface area contributed by atoms with Gasteiger partial charge in [0.2, 0.25) is 5.91 Å². The Morgan fingerprint density at radius 2 is 2.00 bits per heavy atom. The molecule has 8 nitrogen and oxygen atoms in total. The van der Waals surface area contributed by atoms with Crippen molar-refractivity contribution in [1.82, 2.24) is 10.2 Å². The summed E-state index contributed by atoms with van der Waals surface area (Å²) < 4.78 is 0. The third-order valence-electron chi connectivity index (χ3n) is 4.17. The minimum absolute atomic E-state index is 0.0103. The molecular weight excluding hydrogens is 372 g/mol. The molecule has 9 heteroatoms. The molecule has 2 N–H and O–H groups in total. The first-order chi connectivity index (χ1) is 12.9. The topological polar surface area (TPSA) is 105 Å². The van der Waals surface area contributed by atoms with Crippen LogP contribution in [0.2, 0.25) is 5.02 Å². The van der Waals surface area contributed by atoms with Gasteiger partial charge in [-0.1, -0.05) is 41.9 Å². The van der Waals surface area contributed by atoms with Gasteiger partial charge in [-0.25, -0.2) is 4.79 Å². The van der Waals surface area contributed by atoms with Crippen molar-refractivity contribution < 1.29 is 14.5 Å². The van der Waals surface area contributed by atoms with Gasteiger partial charge in [-0.05, 0) is 17.7 Å². The Kier molecular flexibility index (Phi) is 5.56. The number of nitro groups is 1. The van der Waals surface area contributed by atoms with Gasteiger partial charge in [0, 0.05) is 31.3 Å². The highest BCUT2D eigenvalue weighted by Crippen LogP contribution is 2.27. The molecule has 27 heavy (non-hydrogen) atoms. The third-order valence-corrected chi connectivity index (χ3v) is 4.49. The number of hydrogen-bond acceptors (Lipinski definition) is 4. The summed E-state index contributed by atoms with van der Waals surface area (Å²) in [6, 6.07) is 12.7. The molecule has 0 radical (unpaired) electrons. The van der Waals surface area contributed by atoms with Crippen molar-refractivity contribution in [3.8, 4) is 0 Å². The van der Waals surface area contributed by atoms with Crippen LogP contribution in [0, 0.1) is 10.1 Å². The highest BCUT2D eigenvalue weighted by atomic mass is 35.5. The molecule has 1 fully saturated rings. The van der Waals surface area contributed by atoms with Gasteiger partial charge >= 0.3 is 6.03 Å². The normalized spacial score (nSPS) is 16.3. The number of rotatable bonds is 5. The van der Waals surface area contributed by atoms with Crippen molar-refractivity contribution in [2.24, 2.45) is 0 Å². The Labute approximate surface area is 160 Å². The number of likely N-dealkylation sites (tertiary alicyclic amines) is 1. The van der Waals surface area contributed by atoms with Gasteiger partial charge in [-0.3, -0.25) is 14.9 Å². The fourth-order valence-corrected chi connectivity index (χ4v) is 3.09. The highest BCUT2D eigenvalue weighted by Gasteiger charge is 2.30. The number of hydrogen-bond donors (Lipinski definition) is 2. The summed E-state index contributed by atoms with van der Waals surface area (Å²) in [5.74, 6) is -0.0358. The number of amides is 3. The molecule has 1 aliphatic heterocycles. The van der Waals surface area contributed by atoms with E-state index in [-0.39, 0.29) is 34.8 Å². The monoisotopic (exact) mass is 388 g/mol. The number of nitro benzene ring substituents is 1. The lowest BCUT2D eigenvalue weighted by atomic mass is 10.2. The number of anilines is 1. The number of halogens is 1. The van der Waals surface area contributed by atoms with Crippen molar-refractivity contribution in [2.45, 2.75) is 19.0 Å². The Morgan fingerprint density at radius 3 is 2.70 bits per heavy atom. The summed E-state index contributed by atoms with van der Waals surface area (Å²) >= 11 is 5.75. The summed E-state index contributed by atoms with van der Waals surface area (Å²) in [6.45, 7) is 0.894. The van der Waals surface area contributed by atoms with Gasteiger partial charge in [-0.15, -0.1) is 0 Å². The van der Waals surface area contributed by atoms with Crippen molar-refractivity contribution in [3.63, 3.8) is 0 Å². The van der Waals surface area contributed by atoms with E-state index in [9.17, 15) is 19.7 Å². The van der Waals surface area contributed by atoms with E-state index in [2.05, 4.69) is 10.6 Å². The third kappa shape index (κ3) is 4.73. The summed E-state index contributed by atoms with van der Waals surface area (Å²) in [4.78, 5) is 36.3. The van der Waals surface area contributed by atoms with Crippen LogP contribution < -0.4 is 10.6 Å². The summed E-state index contributed by atoms with van der Waals surface area (Å²) in [6.07, 6.45) is 0.209. The van der Waals surface area contributed by atoms with E-state index < -0.39 is 11.0 Å². The van der Waals surface area contributed by atoms with Gasteiger partial charge in [0.15, 0.2) is 0 Å². The molecule has 3 amide bonds. The first-order valence-corrected chi connectivity index (χ1v) is 8.63. The van der Waals surface area contributed by atoms with Crippen LogP contribution in [0.3, 0.4) is 0 Å². The quantitative estimate of drug-likeness (QED) is 0.606. The average molecular weight is 389 g/mol. The fraction of sp³-hybridized carbons (Fsp3) is 0.222. The molecule has 2 aromatic carbocycles. The van der Waals surface area contributed by atoms with E-state index in [4.69, 9.17) is 11.6 Å². The van der Waals surface area contributed by atoms with Crippen LogP contribution in [-0.2, 0) is 11.3 Å². The molecule has 140 valence electrons. The van der Waals surface area contributed by atoms with Crippen molar-refractivity contribution >= 4 is 34.9 Å². The largest absolute Gasteiger partial charge is 0.336 e. The number of nitrogens with one attached hydrogen (secondary N) is 2. The molecule has 0 aromatic heterocycles. The molecule has 1 unspecified atom stereocenters. The molecule has 0 bridgehead atoms. The lowest BCUT2D eigenvalue weighted by molar-refractivity contribution is -0.384. The van der Waals surface area contributed by atoms with Crippen LogP contribution in [-0.4, -0.2) is 34.3 Å². The van der Waals surface area contributed by atoms with E-state index in [1.54, 1.807) is 4.90 Å². The maximum Gasteiger partial charge on any atom is 0.319 e. The first kappa shape index (κ1) is 18.7. The SMILES string of the molecule is O=C(Nc1ccc(Cl)c([N+](=O)[O-])c1)NC1CC(=O)N(Cc2ccccc2)C1. The second-order valence-electron chi connectivity index (χ2n) is 6.18. The Hall–Kier alpha value is -3.13. The van der Waals surface area contributed by atoms with Crippen molar-refractivity contribution in [2.75, 3.05) is 11.9 Å². The molecule has 1 heterocycles. The minimum Gasteiger partial charge on any atom is -0.336 e. The van der Waals surface area contributed by atoms with Gasteiger partial charge in [0.05, 0.1) is 11.0 Å². The predicted octanol–water partition coefficient (Wildman–Crippen LogP) is 3.17. The number of urea groups is 1. The zero-order chi connectivity index (χ0) is 19.4. The van der Waals surface area contributed by atoms with E-state index in [1.165, 1.54) is 18.2 Å². The van der Waals surface area contributed by atoms with E-state index in [1.807, 2.05) is 30.3 Å². The van der Waals surface area contributed by atoms with Gasteiger partial charge in [0.25, 0.3) is 5.69 Å². The first-order valence-electron chi connectivity index (χ1n) is 8.25. The van der Waals surface area contributed by atoms with Crippen LogP contribution in [0.5, 0.6) is 0 Å². The van der Waals surface area contributed by atoms with Gasteiger partial charge in [0.1, 0.15) is 5.02 Å². The summed E-state index contributed by atoms with van der Waals surface area (Å²) in [5, 5.41) is 16.1. The standard InChI is InChI=1S/C18H17ClN4O4/c19-15-7-6-13(8-16(15)23(26)27)20-18(25)21-14-9-17(24)22(11-14)10-12-4-2-1-3-5-12/h1-8,14H,9-11H2,(H2,20,21,25). The molecule has 1 saturated heterocycles. The molecule has 0 spiro atoms. The molecule has 1 atom stereocenters. The second kappa shape index (κ2) is 8.05. The maximum absolute atomic E-state index is 12.2. The number of benzene rings is 2. The number of nitrogens with zero attached hydrogens (tertiary/aromatic N) is 2. The second-order valence-corrected chi connectivity index (χ2v) is 6.59. The number of carbonyl (C=O) groups is 2. The number of carbonyl (C=O) groups excluding carboxylic acids is 2.